The molecule has 1 atom stereocenters. The number of hydrogen-bond acceptors (Lipinski definition) is 3. The molecule has 0 aliphatic carbocycles. The Bertz CT molecular complexity index is 637. The number of benzene rings is 1. The number of rotatable bonds is 5. The molecule has 0 N–H and O–H groups in total. The number of hydrogen-bond donors (Lipinski definition) is 0. The predicted molar refractivity (Wildman–Crippen MR) is 83.3 cm³/mol. The Labute approximate surface area is 125 Å². The highest BCUT2D eigenvalue weighted by Crippen LogP contribution is 2.25. The molecule has 21 heavy (non-hydrogen) atoms. The summed E-state index contributed by atoms with van der Waals surface area (Å²) in [5.41, 5.74) is 1.57. The molecule has 1 aromatic carbocycles. The van der Waals surface area contributed by atoms with Gasteiger partial charge in [0.05, 0.1) is 27.7 Å². The molecule has 0 saturated carbocycles. The minimum atomic E-state index is -0.377. The van der Waals surface area contributed by atoms with Gasteiger partial charge < -0.3 is 13.6 Å². The van der Waals surface area contributed by atoms with E-state index in [4.69, 9.17) is 9.15 Å². The number of ether oxygens (including phenoxy) is 1. The molecule has 0 amide bonds. The van der Waals surface area contributed by atoms with Crippen LogP contribution in [-0.4, -0.2) is 44.2 Å². The number of aryl methyl sites for hydroxylation is 1. The molecule has 114 valence electrons. The average Bonchev–Trinajstić information content (AvgIpc) is 2.74. The highest BCUT2D eigenvalue weighted by molar-refractivity contribution is 5.95. The SMILES string of the molecule is Cc1c(C(=O)O[C@H](C)CC[N+](C)(C)C)oc2ccccc12. The van der Waals surface area contributed by atoms with Crippen molar-refractivity contribution in [1.82, 2.24) is 0 Å². The molecule has 4 nitrogen and oxygen atoms in total. The number of esters is 1. The summed E-state index contributed by atoms with van der Waals surface area (Å²) in [5.74, 6) is -0.0640. The Hall–Kier alpha value is -1.81. The number of fused-ring (bicyclic) bond motifs is 1. The third-order valence-electron chi connectivity index (χ3n) is 3.54. The zero-order valence-corrected chi connectivity index (χ0v) is 13.5. The van der Waals surface area contributed by atoms with Gasteiger partial charge in [0.1, 0.15) is 11.7 Å². The van der Waals surface area contributed by atoms with Gasteiger partial charge in [0, 0.05) is 17.4 Å². The minimum absolute atomic E-state index is 0.123. The first-order valence-electron chi connectivity index (χ1n) is 7.27. The number of quaternary nitrogens is 1. The molecule has 2 rings (SSSR count). The quantitative estimate of drug-likeness (QED) is 0.626. The van der Waals surface area contributed by atoms with Gasteiger partial charge in [0.25, 0.3) is 0 Å². The van der Waals surface area contributed by atoms with Crippen LogP contribution in [-0.2, 0) is 4.74 Å². The Morgan fingerprint density at radius 2 is 1.95 bits per heavy atom. The third-order valence-corrected chi connectivity index (χ3v) is 3.54. The van der Waals surface area contributed by atoms with Crippen LogP contribution in [0, 0.1) is 6.92 Å². The maximum Gasteiger partial charge on any atom is 0.374 e. The van der Waals surface area contributed by atoms with Crippen molar-refractivity contribution in [2.75, 3.05) is 27.7 Å². The topological polar surface area (TPSA) is 39.4 Å². The number of para-hydroxylation sites is 1. The van der Waals surface area contributed by atoms with Crippen molar-refractivity contribution in [3.05, 3.63) is 35.6 Å². The molecule has 0 radical (unpaired) electrons. The van der Waals surface area contributed by atoms with E-state index in [2.05, 4.69) is 21.1 Å². The average molecular weight is 290 g/mol. The van der Waals surface area contributed by atoms with Crippen molar-refractivity contribution in [3.63, 3.8) is 0 Å². The molecular weight excluding hydrogens is 266 g/mol. The molecule has 0 aliphatic rings. The second-order valence-corrected chi connectivity index (χ2v) is 6.57. The molecule has 1 heterocycles. The zero-order chi connectivity index (χ0) is 15.6. The van der Waals surface area contributed by atoms with Crippen LogP contribution in [0.1, 0.15) is 29.5 Å². The molecule has 0 bridgehead atoms. The molecule has 0 spiro atoms. The predicted octanol–water partition coefficient (Wildman–Crippen LogP) is 3.38. The fourth-order valence-electron chi connectivity index (χ4n) is 2.23. The maximum atomic E-state index is 12.2. The standard InChI is InChI=1S/C17H24NO3/c1-12(10-11-18(3,4)5)20-17(19)16-13(2)14-8-6-7-9-15(14)21-16/h6-9,12H,10-11H2,1-5H3/q+1/t12-/m1/s1. The van der Waals surface area contributed by atoms with E-state index >= 15 is 0 Å². The summed E-state index contributed by atoms with van der Waals surface area (Å²) >= 11 is 0. The first-order valence-corrected chi connectivity index (χ1v) is 7.27. The Kier molecular flexibility index (Phi) is 4.37. The van der Waals surface area contributed by atoms with Gasteiger partial charge in [-0.15, -0.1) is 0 Å². The molecule has 2 aromatic rings. The van der Waals surface area contributed by atoms with Crippen LogP contribution in [0.15, 0.2) is 28.7 Å². The molecule has 1 aromatic heterocycles. The zero-order valence-electron chi connectivity index (χ0n) is 13.5. The summed E-state index contributed by atoms with van der Waals surface area (Å²) < 4.78 is 12.0. The molecule has 0 fully saturated rings. The Morgan fingerprint density at radius 1 is 1.29 bits per heavy atom. The fourth-order valence-corrected chi connectivity index (χ4v) is 2.23. The van der Waals surface area contributed by atoms with Gasteiger partial charge in [-0.1, -0.05) is 18.2 Å². The largest absolute Gasteiger partial charge is 0.457 e. The van der Waals surface area contributed by atoms with Crippen LogP contribution in [0.5, 0.6) is 0 Å². The Morgan fingerprint density at radius 3 is 2.57 bits per heavy atom. The van der Waals surface area contributed by atoms with Crippen molar-refractivity contribution in [1.29, 1.82) is 0 Å². The lowest BCUT2D eigenvalue weighted by Crippen LogP contribution is -2.37. The molecular formula is C17H24NO3+. The number of carbonyl (C=O) groups is 1. The summed E-state index contributed by atoms with van der Waals surface area (Å²) in [6.07, 6.45) is 0.705. The third kappa shape index (κ3) is 3.85. The number of nitrogens with zero attached hydrogens (tertiary/aromatic N) is 1. The molecule has 0 aliphatic heterocycles. The van der Waals surface area contributed by atoms with Gasteiger partial charge in [-0.2, -0.15) is 0 Å². The van der Waals surface area contributed by atoms with E-state index in [9.17, 15) is 4.79 Å². The Balaban J connectivity index is 2.07. The van der Waals surface area contributed by atoms with Crippen LogP contribution in [0.4, 0.5) is 0 Å². The van der Waals surface area contributed by atoms with Crippen LogP contribution in [0.3, 0.4) is 0 Å². The van der Waals surface area contributed by atoms with Crippen LogP contribution in [0.25, 0.3) is 11.0 Å². The van der Waals surface area contributed by atoms with E-state index in [0.29, 0.717) is 5.76 Å². The van der Waals surface area contributed by atoms with E-state index in [1.54, 1.807) is 0 Å². The highest BCUT2D eigenvalue weighted by atomic mass is 16.6. The van der Waals surface area contributed by atoms with Gasteiger partial charge in [-0.3, -0.25) is 0 Å². The minimum Gasteiger partial charge on any atom is -0.457 e. The molecule has 4 heteroatoms. The fraction of sp³-hybridized carbons (Fsp3) is 0.471. The summed E-state index contributed by atoms with van der Waals surface area (Å²) in [4.78, 5) is 12.2. The van der Waals surface area contributed by atoms with Crippen molar-refractivity contribution in [2.24, 2.45) is 0 Å². The van der Waals surface area contributed by atoms with E-state index in [1.807, 2.05) is 38.1 Å². The van der Waals surface area contributed by atoms with Crippen LogP contribution >= 0.6 is 0 Å². The monoisotopic (exact) mass is 290 g/mol. The summed E-state index contributed by atoms with van der Waals surface area (Å²) in [5, 5.41) is 0.962. The van der Waals surface area contributed by atoms with Crippen molar-refractivity contribution < 1.29 is 18.4 Å². The van der Waals surface area contributed by atoms with Gasteiger partial charge >= 0.3 is 5.97 Å². The molecule has 0 saturated heterocycles. The van der Waals surface area contributed by atoms with Crippen LogP contribution < -0.4 is 0 Å². The summed E-state index contributed by atoms with van der Waals surface area (Å²) in [6.45, 7) is 4.76. The lowest BCUT2D eigenvalue weighted by Gasteiger charge is -2.25. The molecule has 0 unspecified atom stereocenters. The lowest BCUT2D eigenvalue weighted by atomic mass is 10.1. The van der Waals surface area contributed by atoms with Crippen molar-refractivity contribution in [2.45, 2.75) is 26.4 Å². The second-order valence-electron chi connectivity index (χ2n) is 6.57. The van der Waals surface area contributed by atoms with Gasteiger partial charge in [0.15, 0.2) is 0 Å². The van der Waals surface area contributed by atoms with Gasteiger partial charge in [0.2, 0.25) is 5.76 Å². The van der Waals surface area contributed by atoms with E-state index in [0.717, 1.165) is 34.0 Å². The van der Waals surface area contributed by atoms with Crippen LogP contribution in [0.2, 0.25) is 0 Å². The second kappa shape index (κ2) is 5.90. The van der Waals surface area contributed by atoms with E-state index in [1.165, 1.54) is 0 Å². The summed E-state index contributed by atoms with van der Waals surface area (Å²) in [6, 6.07) is 7.64. The van der Waals surface area contributed by atoms with E-state index < -0.39 is 0 Å². The normalized spacial score (nSPS) is 13.4. The number of furan rings is 1. The first-order chi connectivity index (χ1) is 9.78. The van der Waals surface area contributed by atoms with Gasteiger partial charge in [-0.05, 0) is 19.9 Å². The van der Waals surface area contributed by atoms with Crippen molar-refractivity contribution >= 4 is 16.9 Å². The summed E-state index contributed by atoms with van der Waals surface area (Å²) in [7, 11) is 6.37. The van der Waals surface area contributed by atoms with E-state index in [-0.39, 0.29) is 12.1 Å². The van der Waals surface area contributed by atoms with Crippen molar-refractivity contribution in [3.8, 4) is 0 Å². The smallest absolute Gasteiger partial charge is 0.374 e. The van der Waals surface area contributed by atoms with Gasteiger partial charge in [-0.25, -0.2) is 4.79 Å². The highest BCUT2D eigenvalue weighted by Gasteiger charge is 2.21. The maximum absolute atomic E-state index is 12.2. The lowest BCUT2D eigenvalue weighted by molar-refractivity contribution is -0.870. The number of carbonyl (C=O) groups excluding carboxylic acids is 1. The first kappa shape index (κ1) is 15.6.